The Balaban J connectivity index is 2.02. The Bertz CT molecular complexity index is 236. The van der Waals surface area contributed by atoms with Crippen LogP contribution < -0.4 is 5.73 Å². The molecule has 1 aliphatic heterocycles. The fraction of sp³-hybridized carbons (Fsp3) is 0.900. The van der Waals surface area contributed by atoms with E-state index in [4.69, 9.17) is 15.2 Å². The van der Waals surface area contributed by atoms with Crippen molar-refractivity contribution in [2.45, 2.75) is 32.0 Å². The molecular formula is C10H17NO3. The summed E-state index contributed by atoms with van der Waals surface area (Å²) in [5.41, 5.74) is 5.32. The van der Waals surface area contributed by atoms with Crippen molar-refractivity contribution in [3.05, 3.63) is 0 Å². The van der Waals surface area contributed by atoms with E-state index in [1.807, 2.05) is 6.92 Å². The monoisotopic (exact) mass is 199 g/mol. The van der Waals surface area contributed by atoms with Crippen LogP contribution in [0, 0.1) is 11.8 Å². The number of carbonyl (C=O) groups excluding carboxylic acids is 1. The molecule has 1 amide bonds. The first kappa shape index (κ1) is 9.93. The number of hydrogen-bond donors (Lipinski definition) is 1. The summed E-state index contributed by atoms with van der Waals surface area (Å²) in [6, 6.07) is 0. The summed E-state index contributed by atoms with van der Waals surface area (Å²) in [4.78, 5) is 11.1. The molecule has 0 unspecified atom stereocenters. The normalized spacial score (nSPS) is 36.1. The van der Waals surface area contributed by atoms with Crippen LogP contribution in [0.2, 0.25) is 0 Å². The zero-order chi connectivity index (χ0) is 10.2. The standard InChI is InChI=1S/C10H17NO3/c1-7-6-10(13-4-5-14-10)3-2-8(7)9(11)12/h7-8H,2-6H2,1H3,(H2,11,12)/t7-,8+/m1/s1. The molecule has 80 valence electrons. The van der Waals surface area contributed by atoms with Gasteiger partial charge in [-0.2, -0.15) is 0 Å². The van der Waals surface area contributed by atoms with Gasteiger partial charge in [0.25, 0.3) is 0 Å². The minimum atomic E-state index is -0.397. The zero-order valence-electron chi connectivity index (χ0n) is 8.49. The number of carbonyl (C=O) groups is 1. The molecule has 4 heteroatoms. The van der Waals surface area contributed by atoms with Gasteiger partial charge in [-0.1, -0.05) is 6.92 Å². The van der Waals surface area contributed by atoms with E-state index >= 15 is 0 Å². The van der Waals surface area contributed by atoms with Crippen LogP contribution in [-0.4, -0.2) is 24.9 Å². The molecule has 2 atom stereocenters. The lowest BCUT2D eigenvalue weighted by molar-refractivity contribution is -0.193. The highest BCUT2D eigenvalue weighted by atomic mass is 16.7. The van der Waals surface area contributed by atoms with E-state index in [-0.39, 0.29) is 17.7 Å². The number of nitrogens with two attached hydrogens (primary N) is 1. The summed E-state index contributed by atoms with van der Waals surface area (Å²) < 4.78 is 11.2. The summed E-state index contributed by atoms with van der Waals surface area (Å²) in [6.07, 6.45) is 2.38. The van der Waals surface area contributed by atoms with Crippen molar-refractivity contribution in [3.8, 4) is 0 Å². The fourth-order valence-corrected chi connectivity index (χ4v) is 2.58. The van der Waals surface area contributed by atoms with Crippen LogP contribution in [0.4, 0.5) is 0 Å². The average Bonchev–Trinajstić information content (AvgIpc) is 2.52. The van der Waals surface area contributed by atoms with Crippen LogP contribution in [0.5, 0.6) is 0 Å². The molecule has 1 spiro atoms. The first-order valence-electron chi connectivity index (χ1n) is 5.20. The Morgan fingerprint density at radius 1 is 1.43 bits per heavy atom. The highest BCUT2D eigenvalue weighted by molar-refractivity contribution is 5.77. The van der Waals surface area contributed by atoms with E-state index in [0.29, 0.717) is 13.2 Å². The molecule has 2 fully saturated rings. The van der Waals surface area contributed by atoms with E-state index in [1.165, 1.54) is 0 Å². The third-order valence-electron chi connectivity index (χ3n) is 3.34. The molecule has 0 aromatic heterocycles. The van der Waals surface area contributed by atoms with Crippen molar-refractivity contribution in [2.24, 2.45) is 17.6 Å². The minimum Gasteiger partial charge on any atom is -0.369 e. The average molecular weight is 199 g/mol. The van der Waals surface area contributed by atoms with Gasteiger partial charge in [0, 0.05) is 18.8 Å². The van der Waals surface area contributed by atoms with Crippen LogP contribution >= 0.6 is 0 Å². The number of ether oxygens (including phenoxy) is 2. The second kappa shape index (κ2) is 3.51. The van der Waals surface area contributed by atoms with Gasteiger partial charge in [-0.25, -0.2) is 0 Å². The quantitative estimate of drug-likeness (QED) is 0.674. The van der Waals surface area contributed by atoms with Gasteiger partial charge in [0.05, 0.1) is 13.2 Å². The zero-order valence-corrected chi connectivity index (χ0v) is 8.49. The number of primary amides is 1. The minimum absolute atomic E-state index is 0.00609. The SMILES string of the molecule is C[C@@H]1CC2(CC[C@@H]1C(N)=O)OCCO2. The second-order valence-electron chi connectivity index (χ2n) is 4.34. The smallest absolute Gasteiger partial charge is 0.220 e. The predicted octanol–water partition coefficient (Wildman–Crippen LogP) is 0.651. The first-order chi connectivity index (χ1) is 6.63. The van der Waals surface area contributed by atoms with Crippen molar-refractivity contribution in [3.63, 3.8) is 0 Å². The highest BCUT2D eigenvalue weighted by Crippen LogP contribution is 2.41. The molecule has 4 nitrogen and oxygen atoms in total. The Labute approximate surface area is 83.7 Å². The largest absolute Gasteiger partial charge is 0.369 e. The molecule has 0 bridgehead atoms. The maximum Gasteiger partial charge on any atom is 0.220 e. The Kier molecular flexibility index (Phi) is 2.49. The summed E-state index contributed by atoms with van der Waals surface area (Å²) in [6.45, 7) is 3.39. The molecule has 1 heterocycles. The van der Waals surface area contributed by atoms with Crippen molar-refractivity contribution in [1.82, 2.24) is 0 Å². The van der Waals surface area contributed by atoms with Crippen molar-refractivity contribution >= 4 is 5.91 Å². The van der Waals surface area contributed by atoms with Gasteiger partial charge < -0.3 is 15.2 Å². The van der Waals surface area contributed by atoms with E-state index < -0.39 is 5.79 Å². The lowest BCUT2D eigenvalue weighted by Crippen LogP contribution is -2.43. The van der Waals surface area contributed by atoms with Crippen LogP contribution in [-0.2, 0) is 14.3 Å². The molecule has 1 saturated carbocycles. The van der Waals surface area contributed by atoms with Gasteiger partial charge in [0.2, 0.25) is 5.91 Å². The van der Waals surface area contributed by atoms with Gasteiger partial charge in [0.15, 0.2) is 5.79 Å². The molecule has 0 radical (unpaired) electrons. The third-order valence-corrected chi connectivity index (χ3v) is 3.34. The molecular weight excluding hydrogens is 182 g/mol. The number of amides is 1. The lowest BCUT2D eigenvalue weighted by Gasteiger charge is -2.38. The van der Waals surface area contributed by atoms with Gasteiger partial charge in [-0.15, -0.1) is 0 Å². The van der Waals surface area contributed by atoms with Crippen molar-refractivity contribution in [1.29, 1.82) is 0 Å². The molecule has 2 aliphatic rings. The maximum atomic E-state index is 11.1. The second-order valence-corrected chi connectivity index (χ2v) is 4.34. The van der Waals surface area contributed by atoms with Gasteiger partial charge in [0.1, 0.15) is 0 Å². The number of rotatable bonds is 1. The molecule has 0 aromatic rings. The predicted molar refractivity (Wildman–Crippen MR) is 50.3 cm³/mol. The fourth-order valence-electron chi connectivity index (χ4n) is 2.58. The summed E-state index contributed by atoms with van der Waals surface area (Å²) >= 11 is 0. The first-order valence-corrected chi connectivity index (χ1v) is 5.20. The topological polar surface area (TPSA) is 61.6 Å². The van der Waals surface area contributed by atoms with Crippen molar-refractivity contribution in [2.75, 3.05) is 13.2 Å². The summed E-state index contributed by atoms with van der Waals surface area (Å²) in [7, 11) is 0. The lowest BCUT2D eigenvalue weighted by atomic mass is 9.77. The molecule has 2 rings (SSSR count). The van der Waals surface area contributed by atoms with Crippen LogP contribution in [0.25, 0.3) is 0 Å². The van der Waals surface area contributed by atoms with E-state index in [2.05, 4.69) is 0 Å². The summed E-state index contributed by atoms with van der Waals surface area (Å²) in [5, 5.41) is 0. The molecule has 1 saturated heterocycles. The highest BCUT2D eigenvalue weighted by Gasteiger charge is 2.44. The molecule has 14 heavy (non-hydrogen) atoms. The van der Waals surface area contributed by atoms with Crippen LogP contribution in [0.15, 0.2) is 0 Å². The molecule has 1 aliphatic carbocycles. The van der Waals surface area contributed by atoms with Crippen molar-refractivity contribution < 1.29 is 14.3 Å². The van der Waals surface area contributed by atoms with E-state index in [1.54, 1.807) is 0 Å². The van der Waals surface area contributed by atoms with E-state index in [9.17, 15) is 4.79 Å². The third kappa shape index (κ3) is 1.64. The van der Waals surface area contributed by atoms with E-state index in [0.717, 1.165) is 19.3 Å². The van der Waals surface area contributed by atoms with Crippen LogP contribution in [0.3, 0.4) is 0 Å². The molecule has 0 aromatic carbocycles. The molecule has 2 N–H and O–H groups in total. The Morgan fingerprint density at radius 2 is 2.07 bits per heavy atom. The Hall–Kier alpha value is -0.610. The Morgan fingerprint density at radius 3 is 2.57 bits per heavy atom. The number of hydrogen-bond acceptors (Lipinski definition) is 3. The maximum absolute atomic E-state index is 11.1. The van der Waals surface area contributed by atoms with Gasteiger partial charge in [-0.3, -0.25) is 4.79 Å². The summed E-state index contributed by atoms with van der Waals surface area (Å²) in [5.74, 6) is -0.330. The van der Waals surface area contributed by atoms with Gasteiger partial charge >= 0.3 is 0 Å². The van der Waals surface area contributed by atoms with Crippen LogP contribution in [0.1, 0.15) is 26.2 Å². The van der Waals surface area contributed by atoms with Gasteiger partial charge in [-0.05, 0) is 12.3 Å².